The molecule has 8 heteroatoms. The first-order valence-electron chi connectivity index (χ1n) is 9.07. The third-order valence-corrected chi connectivity index (χ3v) is 4.31. The summed E-state index contributed by atoms with van der Waals surface area (Å²) in [7, 11) is 0. The highest BCUT2D eigenvalue weighted by molar-refractivity contribution is 6.30. The van der Waals surface area contributed by atoms with E-state index in [-0.39, 0.29) is 17.2 Å². The number of benzene rings is 2. The molecule has 1 aromatic heterocycles. The van der Waals surface area contributed by atoms with E-state index in [9.17, 15) is 14.4 Å². The lowest BCUT2D eigenvalue weighted by molar-refractivity contribution is -0.119. The zero-order chi connectivity index (χ0) is 21.0. The number of rotatable bonds is 6. The number of hydrogen-bond acceptors (Lipinski definition) is 5. The van der Waals surface area contributed by atoms with Crippen LogP contribution in [0.15, 0.2) is 53.3 Å². The van der Waals surface area contributed by atoms with Gasteiger partial charge in [0.1, 0.15) is 0 Å². The Morgan fingerprint density at radius 2 is 1.76 bits per heavy atom. The maximum Gasteiger partial charge on any atom is 0.359 e. The topological polar surface area (TPSA) is 90.3 Å². The molecule has 0 aliphatic carbocycles. The fourth-order valence-electron chi connectivity index (χ4n) is 2.79. The molecule has 1 heterocycles. The molecule has 0 saturated carbocycles. The summed E-state index contributed by atoms with van der Waals surface area (Å²) in [6, 6.07) is 13.2. The van der Waals surface area contributed by atoms with Gasteiger partial charge < -0.3 is 10.1 Å². The second kappa shape index (κ2) is 8.87. The summed E-state index contributed by atoms with van der Waals surface area (Å²) in [6.45, 7) is 3.77. The average molecular weight is 414 g/mol. The number of esters is 1. The first-order chi connectivity index (χ1) is 13.8. The molecule has 150 valence electrons. The number of halogens is 1. The zero-order valence-corrected chi connectivity index (χ0v) is 16.8. The SMILES string of the molecule is CC(C)Cn1nc(C(=O)OCC(=O)Nc2ccc(Cl)cc2)c2ccccc2c1=O. The third-order valence-electron chi connectivity index (χ3n) is 4.06. The number of carbonyl (C=O) groups excluding carboxylic acids is 2. The minimum absolute atomic E-state index is 0.000132. The summed E-state index contributed by atoms with van der Waals surface area (Å²) >= 11 is 5.81. The van der Waals surface area contributed by atoms with Crippen molar-refractivity contribution in [1.29, 1.82) is 0 Å². The monoisotopic (exact) mass is 413 g/mol. The van der Waals surface area contributed by atoms with E-state index in [4.69, 9.17) is 16.3 Å². The maximum absolute atomic E-state index is 12.6. The van der Waals surface area contributed by atoms with Gasteiger partial charge in [-0.1, -0.05) is 43.6 Å². The smallest absolute Gasteiger partial charge is 0.359 e. The molecule has 1 N–H and O–H groups in total. The van der Waals surface area contributed by atoms with Crippen LogP contribution in [0.1, 0.15) is 24.3 Å². The van der Waals surface area contributed by atoms with E-state index in [2.05, 4.69) is 10.4 Å². The van der Waals surface area contributed by atoms with E-state index >= 15 is 0 Å². The van der Waals surface area contributed by atoms with Gasteiger partial charge in [-0.15, -0.1) is 0 Å². The Hall–Kier alpha value is -3.19. The second-order valence-corrected chi connectivity index (χ2v) is 7.34. The van der Waals surface area contributed by atoms with Crippen LogP contribution < -0.4 is 10.9 Å². The van der Waals surface area contributed by atoms with E-state index in [1.54, 1.807) is 48.5 Å². The van der Waals surface area contributed by atoms with Gasteiger partial charge in [0.15, 0.2) is 12.3 Å². The van der Waals surface area contributed by atoms with Gasteiger partial charge >= 0.3 is 5.97 Å². The van der Waals surface area contributed by atoms with Crippen LogP contribution in [-0.4, -0.2) is 28.3 Å². The normalized spacial score (nSPS) is 10.9. The number of nitrogens with one attached hydrogen (secondary N) is 1. The highest BCUT2D eigenvalue weighted by Gasteiger charge is 2.19. The highest BCUT2D eigenvalue weighted by Crippen LogP contribution is 2.16. The molecule has 1 amide bonds. The summed E-state index contributed by atoms with van der Waals surface area (Å²) in [5.41, 5.74) is 0.260. The molecule has 0 bridgehead atoms. The zero-order valence-electron chi connectivity index (χ0n) is 16.0. The Kier molecular flexibility index (Phi) is 6.29. The lowest BCUT2D eigenvalue weighted by Gasteiger charge is -2.12. The first kappa shape index (κ1) is 20.5. The third kappa shape index (κ3) is 5.00. The van der Waals surface area contributed by atoms with E-state index in [1.807, 2.05) is 13.8 Å². The van der Waals surface area contributed by atoms with Crippen LogP contribution in [0, 0.1) is 5.92 Å². The molecule has 7 nitrogen and oxygen atoms in total. The number of anilines is 1. The van der Waals surface area contributed by atoms with Crippen molar-refractivity contribution in [3.63, 3.8) is 0 Å². The van der Waals surface area contributed by atoms with Gasteiger partial charge in [-0.05, 0) is 36.2 Å². The van der Waals surface area contributed by atoms with Crippen molar-refractivity contribution in [2.24, 2.45) is 5.92 Å². The number of amides is 1. The number of ether oxygens (including phenoxy) is 1. The molecule has 3 aromatic rings. The van der Waals surface area contributed by atoms with Gasteiger partial charge in [0, 0.05) is 22.6 Å². The molecule has 2 aromatic carbocycles. The van der Waals surface area contributed by atoms with Crippen LogP contribution in [0.25, 0.3) is 10.8 Å². The predicted octanol–water partition coefficient (Wildman–Crippen LogP) is 3.50. The standard InChI is InChI=1S/C21H20ClN3O4/c1-13(2)11-25-20(27)17-6-4-3-5-16(17)19(24-25)21(28)29-12-18(26)23-15-9-7-14(22)8-10-15/h3-10,13H,11-12H2,1-2H3,(H,23,26). The van der Waals surface area contributed by atoms with Gasteiger partial charge in [0.2, 0.25) is 0 Å². The fraction of sp³-hybridized carbons (Fsp3) is 0.238. The van der Waals surface area contributed by atoms with E-state index in [0.717, 1.165) is 0 Å². The van der Waals surface area contributed by atoms with Crippen molar-refractivity contribution in [2.75, 3.05) is 11.9 Å². The molecular weight excluding hydrogens is 394 g/mol. The first-order valence-corrected chi connectivity index (χ1v) is 9.45. The quantitative estimate of drug-likeness (QED) is 0.624. The van der Waals surface area contributed by atoms with Crippen molar-refractivity contribution in [3.05, 3.63) is 69.6 Å². The molecule has 0 radical (unpaired) electrons. The molecule has 0 unspecified atom stereocenters. The number of carbonyl (C=O) groups is 2. The summed E-state index contributed by atoms with van der Waals surface area (Å²) in [5, 5.41) is 8.12. The van der Waals surface area contributed by atoms with Crippen LogP contribution in [0.2, 0.25) is 5.02 Å². The number of nitrogens with zero attached hydrogens (tertiary/aromatic N) is 2. The molecule has 29 heavy (non-hydrogen) atoms. The second-order valence-electron chi connectivity index (χ2n) is 6.91. The Labute approximate surface area is 172 Å². The van der Waals surface area contributed by atoms with Crippen molar-refractivity contribution in [1.82, 2.24) is 9.78 Å². The molecule has 0 saturated heterocycles. The van der Waals surface area contributed by atoms with Crippen LogP contribution in [0.5, 0.6) is 0 Å². The van der Waals surface area contributed by atoms with E-state index in [1.165, 1.54) is 4.68 Å². The highest BCUT2D eigenvalue weighted by atomic mass is 35.5. The van der Waals surface area contributed by atoms with E-state index in [0.29, 0.717) is 28.0 Å². The molecule has 0 spiro atoms. The minimum atomic E-state index is -0.773. The van der Waals surface area contributed by atoms with Gasteiger partial charge in [-0.25, -0.2) is 9.48 Å². The van der Waals surface area contributed by atoms with E-state index < -0.39 is 18.5 Å². The van der Waals surface area contributed by atoms with Crippen molar-refractivity contribution in [3.8, 4) is 0 Å². The van der Waals surface area contributed by atoms with Gasteiger partial charge in [0.05, 0.1) is 5.39 Å². The number of fused-ring (bicyclic) bond motifs is 1. The summed E-state index contributed by atoms with van der Waals surface area (Å²) in [4.78, 5) is 37.3. The Morgan fingerprint density at radius 1 is 1.10 bits per heavy atom. The van der Waals surface area contributed by atoms with Crippen molar-refractivity contribution < 1.29 is 14.3 Å². The van der Waals surface area contributed by atoms with Crippen molar-refractivity contribution >= 4 is 39.9 Å². The minimum Gasteiger partial charge on any atom is -0.451 e. The number of hydrogen-bond donors (Lipinski definition) is 1. The predicted molar refractivity (Wildman–Crippen MR) is 111 cm³/mol. The van der Waals surface area contributed by atoms with Crippen LogP contribution in [0.3, 0.4) is 0 Å². The molecule has 3 rings (SSSR count). The summed E-state index contributed by atoms with van der Waals surface area (Å²) < 4.78 is 6.40. The van der Waals surface area contributed by atoms with Crippen LogP contribution in [-0.2, 0) is 16.1 Å². The fourth-order valence-corrected chi connectivity index (χ4v) is 2.91. The maximum atomic E-state index is 12.6. The molecule has 0 aliphatic heterocycles. The summed E-state index contributed by atoms with van der Waals surface area (Å²) in [5.74, 6) is -1.11. The largest absolute Gasteiger partial charge is 0.451 e. The van der Waals surface area contributed by atoms with Gasteiger partial charge in [0.25, 0.3) is 11.5 Å². The molecule has 0 fully saturated rings. The van der Waals surface area contributed by atoms with Crippen LogP contribution in [0.4, 0.5) is 5.69 Å². The lowest BCUT2D eigenvalue weighted by atomic mass is 10.1. The van der Waals surface area contributed by atoms with Crippen molar-refractivity contribution in [2.45, 2.75) is 20.4 Å². The van der Waals surface area contributed by atoms with Crippen LogP contribution >= 0.6 is 11.6 Å². The molecule has 0 aliphatic rings. The Balaban J connectivity index is 1.79. The number of aromatic nitrogens is 2. The Bertz CT molecular complexity index is 1110. The molecule has 0 atom stereocenters. The molecular formula is C21H20ClN3O4. The average Bonchev–Trinajstić information content (AvgIpc) is 2.70. The summed E-state index contributed by atoms with van der Waals surface area (Å²) in [6.07, 6.45) is 0. The lowest BCUT2D eigenvalue weighted by Crippen LogP contribution is -2.29. The van der Waals surface area contributed by atoms with Gasteiger partial charge in [-0.3, -0.25) is 9.59 Å². The Morgan fingerprint density at radius 3 is 2.41 bits per heavy atom. The van der Waals surface area contributed by atoms with Gasteiger partial charge in [-0.2, -0.15) is 5.10 Å².